The Morgan fingerprint density at radius 3 is 1.61 bits per heavy atom. The van der Waals surface area contributed by atoms with Gasteiger partial charge in [-0.05, 0) is 25.9 Å². The highest BCUT2D eigenvalue weighted by Crippen LogP contribution is 2.17. The lowest BCUT2D eigenvalue weighted by Gasteiger charge is -2.33. The van der Waals surface area contributed by atoms with Gasteiger partial charge in [0.25, 0.3) is 0 Å². The molecule has 0 atom stereocenters. The van der Waals surface area contributed by atoms with Gasteiger partial charge in [0.15, 0.2) is 0 Å². The Balaban J connectivity index is 4.16. The Kier molecular flexibility index (Phi) is 10.7. The van der Waals surface area contributed by atoms with Crippen molar-refractivity contribution in [2.45, 2.75) is 59.3 Å². The maximum atomic E-state index is 9.39. The van der Waals surface area contributed by atoms with Crippen LogP contribution in [0.1, 0.15) is 59.3 Å². The second-order valence-corrected chi connectivity index (χ2v) is 5.82. The zero-order chi connectivity index (χ0) is 13.9. The molecule has 0 aliphatic rings. The molecule has 0 heterocycles. The minimum Gasteiger partial charge on any atom is -0.396 e. The highest BCUT2D eigenvalue weighted by atomic mass is 16.3. The Labute approximate surface area is 113 Å². The molecule has 0 bridgehead atoms. The Bertz CT molecular complexity index is 171. The van der Waals surface area contributed by atoms with Gasteiger partial charge in [0.1, 0.15) is 0 Å². The molecule has 3 heteroatoms. The van der Waals surface area contributed by atoms with E-state index in [1.807, 2.05) is 6.92 Å². The molecule has 18 heavy (non-hydrogen) atoms. The van der Waals surface area contributed by atoms with Crippen LogP contribution < -0.4 is 0 Å². The maximum Gasteiger partial charge on any atom is 0.0519 e. The molecule has 0 amide bonds. The van der Waals surface area contributed by atoms with Crippen LogP contribution in [0.4, 0.5) is 0 Å². The molecule has 0 aromatic rings. The third-order valence-corrected chi connectivity index (χ3v) is 3.52. The molecular formula is C15H33NO2. The molecule has 0 saturated heterocycles. The van der Waals surface area contributed by atoms with Gasteiger partial charge in [-0.15, -0.1) is 0 Å². The second-order valence-electron chi connectivity index (χ2n) is 5.82. The van der Waals surface area contributed by atoms with Crippen LogP contribution >= 0.6 is 0 Å². The lowest BCUT2D eigenvalue weighted by molar-refractivity contribution is 0.0341. The summed E-state index contributed by atoms with van der Waals surface area (Å²) in [6.07, 6.45) is 7.43. The van der Waals surface area contributed by atoms with Crippen molar-refractivity contribution in [3.05, 3.63) is 0 Å². The van der Waals surface area contributed by atoms with Crippen LogP contribution in [0.25, 0.3) is 0 Å². The smallest absolute Gasteiger partial charge is 0.0519 e. The molecule has 3 nitrogen and oxygen atoms in total. The summed E-state index contributed by atoms with van der Waals surface area (Å²) in [6.45, 7) is 9.48. The number of unbranched alkanes of at least 4 members (excludes halogenated alkanes) is 4. The molecule has 0 aliphatic heterocycles. The van der Waals surface area contributed by atoms with E-state index in [9.17, 15) is 10.2 Å². The molecule has 0 aromatic heterocycles. The lowest BCUT2D eigenvalue weighted by atomic mass is 9.92. The van der Waals surface area contributed by atoms with E-state index in [1.165, 1.54) is 38.5 Å². The van der Waals surface area contributed by atoms with Crippen LogP contribution in [0.3, 0.4) is 0 Å². The first-order valence-corrected chi connectivity index (χ1v) is 7.56. The van der Waals surface area contributed by atoms with Crippen LogP contribution in [0.15, 0.2) is 0 Å². The fourth-order valence-corrected chi connectivity index (χ4v) is 2.13. The lowest BCUT2D eigenvalue weighted by Crippen LogP contribution is -2.41. The van der Waals surface area contributed by atoms with E-state index in [4.69, 9.17) is 0 Å². The van der Waals surface area contributed by atoms with E-state index in [2.05, 4.69) is 18.7 Å². The van der Waals surface area contributed by atoms with E-state index in [1.54, 1.807) is 0 Å². The Morgan fingerprint density at radius 2 is 1.28 bits per heavy atom. The van der Waals surface area contributed by atoms with E-state index in [-0.39, 0.29) is 18.6 Å². The number of aliphatic hydroxyl groups excluding tert-OH is 2. The first-order valence-electron chi connectivity index (χ1n) is 7.56. The second kappa shape index (κ2) is 10.8. The first kappa shape index (κ1) is 17.9. The van der Waals surface area contributed by atoms with Gasteiger partial charge < -0.3 is 15.1 Å². The minimum absolute atomic E-state index is 0.0571. The number of rotatable bonds is 12. The van der Waals surface area contributed by atoms with Gasteiger partial charge in [-0.1, -0.05) is 46.5 Å². The number of hydrogen-bond donors (Lipinski definition) is 2. The number of aliphatic hydroxyl groups is 2. The normalized spacial score (nSPS) is 12.3. The summed E-state index contributed by atoms with van der Waals surface area (Å²) in [5, 5.41) is 18.8. The van der Waals surface area contributed by atoms with Crippen LogP contribution in [-0.2, 0) is 0 Å². The molecule has 0 unspecified atom stereocenters. The van der Waals surface area contributed by atoms with Crippen LogP contribution in [-0.4, -0.2) is 48.0 Å². The largest absolute Gasteiger partial charge is 0.396 e. The summed E-state index contributed by atoms with van der Waals surface area (Å²) in [4.78, 5) is 2.41. The van der Waals surface area contributed by atoms with Crippen molar-refractivity contribution < 1.29 is 10.2 Å². The van der Waals surface area contributed by atoms with Crippen molar-refractivity contribution in [3.63, 3.8) is 0 Å². The van der Waals surface area contributed by atoms with Crippen molar-refractivity contribution in [1.82, 2.24) is 4.90 Å². The van der Waals surface area contributed by atoms with Crippen molar-refractivity contribution in [2.24, 2.45) is 5.41 Å². The summed E-state index contributed by atoms with van der Waals surface area (Å²) in [5.74, 6) is 0. The summed E-state index contributed by atoms with van der Waals surface area (Å²) in [5.41, 5.74) is -0.363. The van der Waals surface area contributed by atoms with Gasteiger partial charge in [0, 0.05) is 12.0 Å². The fraction of sp³-hybridized carbons (Fsp3) is 1.00. The van der Waals surface area contributed by atoms with Crippen LogP contribution in [0, 0.1) is 5.41 Å². The first-order chi connectivity index (χ1) is 8.61. The van der Waals surface area contributed by atoms with Crippen molar-refractivity contribution in [1.29, 1.82) is 0 Å². The van der Waals surface area contributed by atoms with Crippen molar-refractivity contribution in [2.75, 3.05) is 32.8 Å². The predicted octanol–water partition coefficient (Wildman–Crippen LogP) is 2.66. The van der Waals surface area contributed by atoms with Gasteiger partial charge in [0.2, 0.25) is 0 Å². The standard InChI is InChI=1S/C15H33NO2/c1-4-6-8-10-16(11-9-7-5-2)12-15(3,13-17)14-18/h17-18H,4-14H2,1-3H3. The average Bonchev–Trinajstić information content (AvgIpc) is 2.39. The Morgan fingerprint density at radius 1 is 0.833 bits per heavy atom. The quantitative estimate of drug-likeness (QED) is 0.530. The zero-order valence-corrected chi connectivity index (χ0v) is 12.6. The third kappa shape index (κ3) is 8.06. The minimum atomic E-state index is -0.363. The van der Waals surface area contributed by atoms with Gasteiger partial charge in [-0.3, -0.25) is 0 Å². The van der Waals surface area contributed by atoms with Gasteiger partial charge in [-0.2, -0.15) is 0 Å². The number of nitrogens with zero attached hydrogens (tertiary/aromatic N) is 1. The molecule has 0 spiro atoms. The van der Waals surface area contributed by atoms with Crippen molar-refractivity contribution >= 4 is 0 Å². The SMILES string of the molecule is CCCCCN(CCCCC)CC(C)(CO)CO. The molecule has 0 aromatic carbocycles. The van der Waals surface area contributed by atoms with E-state index in [0.717, 1.165) is 19.6 Å². The van der Waals surface area contributed by atoms with Gasteiger partial charge in [-0.25, -0.2) is 0 Å². The Hall–Kier alpha value is -0.120. The number of hydrogen-bond acceptors (Lipinski definition) is 3. The molecule has 0 aliphatic carbocycles. The summed E-state index contributed by atoms with van der Waals surface area (Å²) < 4.78 is 0. The van der Waals surface area contributed by atoms with Crippen LogP contribution in [0.5, 0.6) is 0 Å². The predicted molar refractivity (Wildman–Crippen MR) is 77.8 cm³/mol. The van der Waals surface area contributed by atoms with Gasteiger partial charge in [0.05, 0.1) is 13.2 Å². The zero-order valence-electron chi connectivity index (χ0n) is 12.6. The molecular weight excluding hydrogens is 226 g/mol. The summed E-state index contributed by atoms with van der Waals surface area (Å²) in [7, 11) is 0. The molecule has 0 saturated carbocycles. The molecule has 2 N–H and O–H groups in total. The highest BCUT2D eigenvalue weighted by molar-refractivity contribution is 4.77. The van der Waals surface area contributed by atoms with Gasteiger partial charge >= 0.3 is 0 Å². The summed E-state index contributed by atoms with van der Waals surface area (Å²) in [6, 6.07) is 0. The van der Waals surface area contributed by atoms with E-state index >= 15 is 0 Å². The highest BCUT2D eigenvalue weighted by Gasteiger charge is 2.25. The van der Waals surface area contributed by atoms with E-state index in [0.29, 0.717) is 0 Å². The monoisotopic (exact) mass is 259 g/mol. The molecule has 0 rings (SSSR count). The average molecular weight is 259 g/mol. The van der Waals surface area contributed by atoms with E-state index < -0.39 is 0 Å². The molecule has 0 radical (unpaired) electrons. The molecule has 0 fully saturated rings. The maximum absolute atomic E-state index is 9.39. The molecule has 110 valence electrons. The third-order valence-electron chi connectivity index (χ3n) is 3.52. The fourth-order valence-electron chi connectivity index (χ4n) is 2.13. The van der Waals surface area contributed by atoms with Crippen LogP contribution in [0.2, 0.25) is 0 Å². The topological polar surface area (TPSA) is 43.7 Å². The summed E-state index contributed by atoms with van der Waals surface area (Å²) >= 11 is 0. The van der Waals surface area contributed by atoms with Crippen molar-refractivity contribution in [3.8, 4) is 0 Å².